The predicted molar refractivity (Wildman–Crippen MR) is 37.6 cm³/mol. The predicted octanol–water partition coefficient (Wildman–Crippen LogP) is 0.157. The van der Waals surface area contributed by atoms with Crippen molar-refractivity contribution in [1.82, 2.24) is 5.32 Å². The van der Waals surface area contributed by atoms with Crippen molar-refractivity contribution in [2.75, 3.05) is 13.2 Å². The molecule has 0 radical (unpaired) electrons. The lowest BCUT2D eigenvalue weighted by Crippen LogP contribution is -2.37. The van der Waals surface area contributed by atoms with Gasteiger partial charge in [0, 0.05) is 12.8 Å². The number of carbonyl (C=O) groups is 1. The Morgan fingerprint density at radius 1 is 1.60 bits per heavy atom. The fourth-order valence-corrected chi connectivity index (χ4v) is 1.11. The van der Waals surface area contributed by atoms with E-state index in [1.54, 1.807) is 0 Å². The average Bonchev–Trinajstić information content (AvgIpc) is 2.15. The van der Waals surface area contributed by atoms with Crippen LogP contribution in [0.1, 0.15) is 13.8 Å². The molecule has 1 saturated heterocycles. The Morgan fingerprint density at radius 2 is 2.30 bits per heavy atom. The monoisotopic (exact) mass is 143 g/mol. The van der Waals surface area contributed by atoms with E-state index in [4.69, 9.17) is 4.74 Å². The molecule has 1 heterocycles. The van der Waals surface area contributed by atoms with Crippen LogP contribution in [-0.2, 0) is 9.53 Å². The van der Waals surface area contributed by atoms with Crippen LogP contribution in [0.5, 0.6) is 0 Å². The number of rotatable bonds is 1. The zero-order valence-electron chi connectivity index (χ0n) is 6.39. The van der Waals surface area contributed by atoms with Gasteiger partial charge in [-0.1, -0.05) is 6.92 Å². The van der Waals surface area contributed by atoms with Gasteiger partial charge in [0.25, 0.3) is 0 Å². The zero-order valence-corrected chi connectivity index (χ0v) is 6.39. The van der Waals surface area contributed by atoms with E-state index < -0.39 is 0 Å². The summed E-state index contributed by atoms with van der Waals surface area (Å²) in [5.41, 5.74) is 0. The molecule has 1 aliphatic rings. The number of carbonyl (C=O) groups excluding carboxylic acids is 1. The maximum atomic E-state index is 10.6. The van der Waals surface area contributed by atoms with Crippen LogP contribution in [0.3, 0.4) is 0 Å². The molecule has 1 aliphatic heterocycles. The van der Waals surface area contributed by atoms with Crippen LogP contribution in [0.2, 0.25) is 0 Å². The molecule has 1 rings (SSSR count). The molecule has 0 aromatic rings. The molecule has 0 bridgehead atoms. The van der Waals surface area contributed by atoms with Crippen molar-refractivity contribution in [3.05, 3.63) is 0 Å². The molecular weight excluding hydrogens is 130 g/mol. The molecular formula is C7H13NO2. The SMILES string of the molecule is CC(=O)N[C@H]1COC[C@@H]1C. The lowest BCUT2D eigenvalue weighted by molar-refractivity contribution is -0.119. The fraction of sp³-hybridized carbons (Fsp3) is 0.857. The van der Waals surface area contributed by atoms with Gasteiger partial charge in [-0.05, 0) is 0 Å². The summed E-state index contributed by atoms with van der Waals surface area (Å²) in [6.07, 6.45) is 0. The third-order valence-electron chi connectivity index (χ3n) is 1.75. The van der Waals surface area contributed by atoms with Crippen molar-refractivity contribution in [1.29, 1.82) is 0 Å². The first-order valence-corrected chi connectivity index (χ1v) is 3.55. The summed E-state index contributed by atoms with van der Waals surface area (Å²) in [5.74, 6) is 0.492. The first-order valence-electron chi connectivity index (χ1n) is 3.55. The average molecular weight is 143 g/mol. The molecule has 0 aliphatic carbocycles. The summed E-state index contributed by atoms with van der Waals surface area (Å²) in [6, 6.07) is 0.234. The number of ether oxygens (including phenoxy) is 1. The quantitative estimate of drug-likeness (QED) is 0.567. The van der Waals surface area contributed by atoms with Crippen LogP contribution < -0.4 is 5.32 Å². The van der Waals surface area contributed by atoms with Crippen LogP contribution in [0.15, 0.2) is 0 Å². The van der Waals surface area contributed by atoms with E-state index in [1.807, 2.05) is 0 Å². The highest BCUT2D eigenvalue weighted by atomic mass is 16.5. The number of nitrogens with one attached hydrogen (secondary N) is 1. The van der Waals surface area contributed by atoms with Gasteiger partial charge in [0.1, 0.15) is 0 Å². The standard InChI is InChI=1S/C7H13NO2/c1-5-3-10-4-7(5)8-6(2)9/h5,7H,3-4H2,1-2H3,(H,8,9)/t5-,7-/m0/s1. The van der Waals surface area contributed by atoms with Gasteiger partial charge in [-0.2, -0.15) is 0 Å². The van der Waals surface area contributed by atoms with Gasteiger partial charge in [-0.3, -0.25) is 4.79 Å². The third-order valence-corrected chi connectivity index (χ3v) is 1.75. The molecule has 2 atom stereocenters. The lowest BCUT2D eigenvalue weighted by atomic mass is 10.1. The fourth-order valence-electron chi connectivity index (χ4n) is 1.11. The van der Waals surface area contributed by atoms with Crippen molar-refractivity contribution in [2.45, 2.75) is 19.9 Å². The minimum absolute atomic E-state index is 0.0300. The summed E-state index contributed by atoms with van der Waals surface area (Å²) < 4.78 is 5.16. The molecule has 0 aromatic heterocycles. The minimum atomic E-state index is 0.0300. The summed E-state index contributed by atoms with van der Waals surface area (Å²) in [6.45, 7) is 5.05. The van der Waals surface area contributed by atoms with Crippen molar-refractivity contribution < 1.29 is 9.53 Å². The minimum Gasteiger partial charge on any atom is -0.379 e. The molecule has 3 nitrogen and oxygen atoms in total. The lowest BCUT2D eigenvalue weighted by Gasteiger charge is -2.12. The van der Waals surface area contributed by atoms with Gasteiger partial charge >= 0.3 is 0 Å². The summed E-state index contributed by atoms with van der Waals surface area (Å²) >= 11 is 0. The molecule has 1 fully saturated rings. The van der Waals surface area contributed by atoms with Gasteiger partial charge in [0.2, 0.25) is 5.91 Å². The summed E-state index contributed by atoms with van der Waals surface area (Å²) in [4.78, 5) is 10.6. The molecule has 3 heteroatoms. The van der Waals surface area contributed by atoms with Gasteiger partial charge in [0.15, 0.2) is 0 Å². The zero-order chi connectivity index (χ0) is 7.56. The van der Waals surface area contributed by atoms with Crippen LogP contribution in [-0.4, -0.2) is 25.2 Å². The molecule has 0 aromatic carbocycles. The number of hydrogen-bond donors (Lipinski definition) is 1. The second-order valence-corrected chi connectivity index (χ2v) is 2.82. The maximum Gasteiger partial charge on any atom is 0.217 e. The maximum absolute atomic E-state index is 10.6. The normalized spacial score (nSPS) is 32.2. The topological polar surface area (TPSA) is 38.3 Å². The first-order chi connectivity index (χ1) is 4.70. The second kappa shape index (κ2) is 3.01. The van der Waals surface area contributed by atoms with Gasteiger partial charge in [0.05, 0.1) is 19.3 Å². The van der Waals surface area contributed by atoms with Gasteiger partial charge in [-0.25, -0.2) is 0 Å². The number of amides is 1. The second-order valence-electron chi connectivity index (χ2n) is 2.82. The molecule has 0 unspecified atom stereocenters. The molecule has 10 heavy (non-hydrogen) atoms. The van der Waals surface area contributed by atoms with Gasteiger partial charge in [-0.15, -0.1) is 0 Å². The van der Waals surface area contributed by atoms with Crippen molar-refractivity contribution in [2.24, 2.45) is 5.92 Å². The Morgan fingerprint density at radius 3 is 2.70 bits per heavy atom. The van der Waals surface area contributed by atoms with E-state index in [1.165, 1.54) is 6.92 Å². The summed E-state index contributed by atoms with van der Waals surface area (Å²) in [5, 5.41) is 2.83. The van der Waals surface area contributed by atoms with E-state index in [0.717, 1.165) is 6.61 Å². The van der Waals surface area contributed by atoms with Crippen LogP contribution in [0.25, 0.3) is 0 Å². The van der Waals surface area contributed by atoms with Crippen LogP contribution in [0.4, 0.5) is 0 Å². The van der Waals surface area contributed by atoms with Crippen LogP contribution >= 0.6 is 0 Å². The summed E-state index contributed by atoms with van der Waals surface area (Å²) in [7, 11) is 0. The molecule has 0 spiro atoms. The highest BCUT2D eigenvalue weighted by Gasteiger charge is 2.24. The Labute approximate surface area is 60.7 Å². The van der Waals surface area contributed by atoms with Crippen LogP contribution in [0, 0.1) is 5.92 Å². The van der Waals surface area contributed by atoms with E-state index in [9.17, 15) is 4.79 Å². The smallest absolute Gasteiger partial charge is 0.217 e. The van der Waals surface area contributed by atoms with Crippen molar-refractivity contribution in [3.63, 3.8) is 0 Å². The molecule has 0 saturated carbocycles. The van der Waals surface area contributed by atoms with E-state index in [0.29, 0.717) is 12.5 Å². The van der Waals surface area contributed by atoms with Crippen molar-refractivity contribution >= 4 is 5.91 Å². The largest absolute Gasteiger partial charge is 0.379 e. The Hall–Kier alpha value is -0.570. The molecule has 1 N–H and O–H groups in total. The molecule has 58 valence electrons. The van der Waals surface area contributed by atoms with Crippen molar-refractivity contribution in [3.8, 4) is 0 Å². The van der Waals surface area contributed by atoms with E-state index >= 15 is 0 Å². The number of hydrogen-bond acceptors (Lipinski definition) is 2. The van der Waals surface area contributed by atoms with E-state index in [-0.39, 0.29) is 11.9 Å². The van der Waals surface area contributed by atoms with Gasteiger partial charge < -0.3 is 10.1 Å². The Balaban J connectivity index is 2.33. The molecule has 1 amide bonds. The Bertz CT molecular complexity index is 136. The Kier molecular flexibility index (Phi) is 2.27. The highest BCUT2D eigenvalue weighted by molar-refractivity contribution is 5.73. The highest BCUT2D eigenvalue weighted by Crippen LogP contribution is 2.11. The first kappa shape index (κ1) is 7.54. The van der Waals surface area contributed by atoms with E-state index in [2.05, 4.69) is 12.2 Å². The third kappa shape index (κ3) is 1.70.